The Morgan fingerprint density at radius 1 is 1.67 bits per heavy atom. The first-order valence-electron chi connectivity index (χ1n) is 2.79. The van der Waals surface area contributed by atoms with Gasteiger partial charge in [0.15, 0.2) is 6.21 Å². The molecule has 0 aromatic carbocycles. The molecule has 0 saturated carbocycles. The smallest absolute Gasteiger partial charge is 0.173 e. The molecular formula is C6H10N3+. The van der Waals surface area contributed by atoms with Crippen LogP contribution in [0.3, 0.4) is 0 Å². The number of rotatable bonds is 1. The highest BCUT2D eigenvalue weighted by Gasteiger charge is 1.90. The fourth-order valence-electron chi connectivity index (χ4n) is 0.630. The van der Waals surface area contributed by atoms with Crippen LogP contribution in [0.15, 0.2) is 12.4 Å². The van der Waals surface area contributed by atoms with Crippen molar-refractivity contribution < 1.29 is 4.58 Å². The van der Waals surface area contributed by atoms with Gasteiger partial charge in [-0.25, -0.2) is 4.58 Å². The Morgan fingerprint density at radius 3 is 2.89 bits per heavy atom. The molecule has 1 N–H and O–H groups in total. The monoisotopic (exact) mass is 124 g/mol. The van der Waals surface area contributed by atoms with Gasteiger partial charge in [0, 0.05) is 6.20 Å². The van der Waals surface area contributed by atoms with Crippen LogP contribution in [0.4, 0.5) is 0 Å². The summed E-state index contributed by atoms with van der Waals surface area (Å²) in [7, 11) is 3.96. The molecule has 0 aliphatic rings. The number of aromatic nitrogens is 2. The number of H-pyrrole nitrogens is 1. The number of hydrogen-bond acceptors (Lipinski definition) is 1. The average molecular weight is 124 g/mol. The first-order chi connectivity index (χ1) is 4.29. The van der Waals surface area contributed by atoms with Gasteiger partial charge in [-0.3, -0.25) is 5.10 Å². The Morgan fingerprint density at radius 2 is 2.44 bits per heavy atom. The van der Waals surface area contributed by atoms with Gasteiger partial charge in [0.25, 0.3) is 0 Å². The lowest BCUT2D eigenvalue weighted by Gasteiger charge is -1.79. The van der Waals surface area contributed by atoms with Gasteiger partial charge in [-0.1, -0.05) is 0 Å². The van der Waals surface area contributed by atoms with Crippen LogP contribution in [0.1, 0.15) is 5.56 Å². The lowest BCUT2D eigenvalue weighted by Crippen LogP contribution is -1.98. The summed E-state index contributed by atoms with van der Waals surface area (Å²) in [5, 5.41) is 6.52. The van der Waals surface area contributed by atoms with Crippen molar-refractivity contribution in [2.45, 2.75) is 0 Å². The van der Waals surface area contributed by atoms with E-state index in [9.17, 15) is 0 Å². The summed E-state index contributed by atoms with van der Waals surface area (Å²) in [6.07, 6.45) is 5.61. The fraction of sp³-hybridized carbons (Fsp3) is 0.333. The van der Waals surface area contributed by atoms with E-state index in [1.54, 1.807) is 6.20 Å². The topological polar surface area (TPSA) is 31.7 Å². The van der Waals surface area contributed by atoms with Crippen LogP contribution in [0.25, 0.3) is 0 Å². The van der Waals surface area contributed by atoms with Crippen molar-refractivity contribution in [3.63, 3.8) is 0 Å². The molecule has 1 aromatic rings. The lowest BCUT2D eigenvalue weighted by molar-refractivity contribution is -0.458. The summed E-state index contributed by atoms with van der Waals surface area (Å²) in [6.45, 7) is 0. The van der Waals surface area contributed by atoms with Gasteiger partial charge in [-0.05, 0) is 0 Å². The molecular weight excluding hydrogens is 114 g/mol. The van der Waals surface area contributed by atoms with Crippen LogP contribution in [-0.2, 0) is 0 Å². The minimum absolute atomic E-state index is 1.10. The van der Waals surface area contributed by atoms with Gasteiger partial charge in [0.2, 0.25) is 0 Å². The number of hydrogen-bond donors (Lipinski definition) is 1. The Bertz CT molecular complexity index is 194. The highest BCUT2D eigenvalue weighted by atomic mass is 15.1. The molecule has 3 heteroatoms. The standard InChI is InChI=1S/C6H9N3/c1-9(2)5-6-3-7-8-4-6/h3-5H,1-2H3/p+1. The minimum Gasteiger partial charge on any atom is -0.285 e. The zero-order valence-corrected chi connectivity index (χ0v) is 5.63. The van der Waals surface area contributed by atoms with E-state index in [4.69, 9.17) is 0 Å². The zero-order chi connectivity index (χ0) is 6.69. The van der Waals surface area contributed by atoms with E-state index in [0.29, 0.717) is 0 Å². The Labute approximate surface area is 54.0 Å². The second-order valence-electron chi connectivity index (χ2n) is 2.12. The molecule has 3 nitrogen and oxygen atoms in total. The summed E-state index contributed by atoms with van der Waals surface area (Å²) in [5.74, 6) is 0. The van der Waals surface area contributed by atoms with E-state index in [2.05, 4.69) is 10.2 Å². The van der Waals surface area contributed by atoms with E-state index in [1.807, 2.05) is 31.1 Å². The van der Waals surface area contributed by atoms with Crippen molar-refractivity contribution in [3.05, 3.63) is 18.0 Å². The maximum atomic E-state index is 3.79. The average Bonchev–Trinajstić information content (AvgIpc) is 2.15. The predicted octanol–water partition coefficient (Wildman–Crippen LogP) is 0.101. The van der Waals surface area contributed by atoms with E-state index < -0.39 is 0 Å². The predicted molar refractivity (Wildman–Crippen MR) is 35.9 cm³/mol. The van der Waals surface area contributed by atoms with Crippen molar-refractivity contribution in [2.75, 3.05) is 14.1 Å². The van der Waals surface area contributed by atoms with E-state index in [0.717, 1.165) is 5.56 Å². The molecule has 0 radical (unpaired) electrons. The van der Waals surface area contributed by atoms with Gasteiger partial charge < -0.3 is 0 Å². The molecule has 0 unspecified atom stereocenters. The number of nitrogens with zero attached hydrogens (tertiary/aromatic N) is 2. The van der Waals surface area contributed by atoms with Crippen molar-refractivity contribution in [3.8, 4) is 0 Å². The van der Waals surface area contributed by atoms with Gasteiger partial charge in [0.05, 0.1) is 11.8 Å². The number of aromatic amines is 1. The lowest BCUT2D eigenvalue weighted by atomic mass is 10.4. The quantitative estimate of drug-likeness (QED) is 0.418. The molecule has 0 fully saturated rings. The van der Waals surface area contributed by atoms with Crippen molar-refractivity contribution in [1.82, 2.24) is 10.2 Å². The molecule has 1 heterocycles. The molecule has 1 aromatic heterocycles. The third-order valence-electron chi connectivity index (χ3n) is 0.927. The first-order valence-corrected chi connectivity index (χ1v) is 2.79. The van der Waals surface area contributed by atoms with Gasteiger partial charge >= 0.3 is 0 Å². The second-order valence-corrected chi connectivity index (χ2v) is 2.12. The molecule has 0 atom stereocenters. The normalized spacial score (nSPS) is 9.11. The van der Waals surface area contributed by atoms with E-state index >= 15 is 0 Å². The molecule has 0 amide bonds. The molecule has 0 saturated heterocycles. The van der Waals surface area contributed by atoms with Crippen molar-refractivity contribution in [1.29, 1.82) is 0 Å². The third-order valence-corrected chi connectivity index (χ3v) is 0.927. The maximum Gasteiger partial charge on any atom is 0.173 e. The zero-order valence-electron chi connectivity index (χ0n) is 5.63. The summed E-state index contributed by atoms with van der Waals surface area (Å²) in [5.41, 5.74) is 1.10. The molecule has 48 valence electrons. The Kier molecular flexibility index (Phi) is 1.63. The van der Waals surface area contributed by atoms with Crippen LogP contribution in [-0.4, -0.2) is 35.1 Å². The van der Waals surface area contributed by atoms with Crippen LogP contribution in [0.2, 0.25) is 0 Å². The van der Waals surface area contributed by atoms with Gasteiger partial charge in [0.1, 0.15) is 14.1 Å². The van der Waals surface area contributed by atoms with Crippen LogP contribution in [0.5, 0.6) is 0 Å². The SMILES string of the molecule is C[N+](C)=Cc1cn[nH]c1. The summed E-state index contributed by atoms with van der Waals surface area (Å²) < 4.78 is 1.98. The fourth-order valence-corrected chi connectivity index (χ4v) is 0.630. The molecule has 0 aliphatic heterocycles. The summed E-state index contributed by atoms with van der Waals surface area (Å²) in [4.78, 5) is 0. The van der Waals surface area contributed by atoms with Gasteiger partial charge in [-0.15, -0.1) is 0 Å². The summed E-state index contributed by atoms with van der Waals surface area (Å²) in [6, 6.07) is 0. The Balaban J connectivity index is 2.80. The molecule has 1 rings (SSSR count). The second kappa shape index (κ2) is 2.44. The van der Waals surface area contributed by atoms with Crippen LogP contribution >= 0.6 is 0 Å². The number of nitrogens with one attached hydrogen (secondary N) is 1. The molecule has 0 spiro atoms. The largest absolute Gasteiger partial charge is 0.285 e. The van der Waals surface area contributed by atoms with Crippen molar-refractivity contribution in [2.24, 2.45) is 0 Å². The van der Waals surface area contributed by atoms with Crippen LogP contribution in [0, 0.1) is 0 Å². The third kappa shape index (κ3) is 1.68. The molecule has 0 bridgehead atoms. The first kappa shape index (κ1) is 6.01. The minimum atomic E-state index is 1.10. The highest BCUT2D eigenvalue weighted by molar-refractivity contribution is 5.74. The summed E-state index contributed by atoms with van der Waals surface area (Å²) >= 11 is 0. The van der Waals surface area contributed by atoms with E-state index in [1.165, 1.54) is 0 Å². The van der Waals surface area contributed by atoms with Gasteiger partial charge in [-0.2, -0.15) is 5.10 Å². The van der Waals surface area contributed by atoms with Crippen molar-refractivity contribution >= 4 is 6.21 Å². The highest BCUT2D eigenvalue weighted by Crippen LogP contribution is 1.85. The molecule has 9 heavy (non-hydrogen) atoms. The molecule has 0 aliphatic carbocycles. The maximum absolute atomic E-state index is 3.79. The Hall–Kier alpha value is -1.12. The van der Waals surface area contributed by atoms with Crippen LogP contribution < -0.4 is 0 Å². The van der Waals surface area contributed by atoms with E-state index in [-0.39, 0.29) is 0 Å².